The van der Waals surface area contributed by atoms with Crippen LogP contribution in [0.1, 0.15) is 0 Å². The number of hydrogen-bond donors (Lipinski definition) is 1. The number of hydrogen-bond acceptors (Lipinski definition) is 3. The summed E-state index contributed by atoms with van der Waals surface area (Å²) in [6.45, 7) is 0.609. The van der Waals surface area contributed by atoms with Crippen molar-refractivity contribution in [2.45, 2.75) is 0 Å². The highest BCUT2D eigenvalue weighted by atomic mass is 127. The lowest BCUT2D eigenvalue weighted by molar-refractivity contribution is 0.144. The van der Waals surface area contributed by atoms with Crippen LogP contribution in [0.2, 0.25) is 0 Å². The number of nitrogens with one attached hydrogen (secondary N) is 1. The SMILES string of the molecule is COCCOc1cccc(Nc2ccc(I)cc2F)c1F. The molecule has 2 rings (SSSR count). The molecule has 0 aromatic heterocycles. The minimum atomic E-state index is -0.563. The molecule has 0 spiro atoms. The number of benzene rings is 2. The summed E-state index contributed by atoms with van der Waals surface area (Å²) in [4.78, 5) is 0. The van der Waals surface area contributed by atoms with E-state index in [0.29, 0.717) is 6.61 Å². The van der Waals surface area contributed by atoms with Crippen molar-refractivity contribution in [2.24, 2.45) is 0 Å². The minimum absolute atomic E-state index is 0.1000. The Morgan fingerprint density at radius 2 is 1.90 bits per heavy atom. The summed E-state index contributed by atoms with van der Waals surface area (Å²) in [5, 5.41) is 2.73. The van der Waals surface area contributed by atoms with Crippen molar-refractivity contribution < 1.29 is 18.3 Å². The molecule has 0 saturated heterocycles. The molecule has 0 radical (unpaired) electrons. The maximum Gasteiger partial charge on any atom is 0.188 e. The number of rotatable bonds is 6. The van der Waals surface area contributed by atoms with Crippen molar-refractivity contribution >= 4 is 34.0 Å². The van der Waals surface area contributed by atoms with E-state index in [-0.39, 0.29) is 23.7 Å². The first-order valence-corrected chi connectivity index (χ1v) is 7.32. The highest BCUT2D eigenvalue weighted by Gasteiger charge is 2.11. The monoisotopic (exact) mass is 405 g/mol. The van der Waals surface area contributed by atoms with Gasteiger partial charge in [-0.2, -0.15) is 0 Å². The maximum absolute atomic E-state index is 14.2. The van der Waals surface area contributed by atoms with E-state index in [4.69, 9.17) is 9.47 Å². The second kappa shape index (κ2) is 7.56. The third-order valence-electron chi connectivity index (χ3n) is 2.71. The van der Waals surface area contributed by atoms with Gasteiger partial charge in [-0.15, -0.1) is 0 Å². The first-order chi connectivity index (χ1) is 10.1. The molecule has 0 aliphatic rings. The standard InChI is InChI=1S/C15H14F2INO2/c1-20-7-8-21-14-4-2-3-13(15(14)17)19-12-6-5-10(18)9-11(12)16/h2-6,9,19H,7-8H2,1H3. The van der Waals surface area contributed by atoms with Gasteiger partial charge >= 0.3 is 0 Å². The fourth-order valence-corrected chi connectivity index (χ4v) is 2.14. The molecule has 0 fully saturated rings. The molecule has 0 amide bonds. The van der Waals surface area contributed by atoms with E-state index < -0.39 is 11.6 Å². The maximum atomic E-state index is 14.2. The smallest absolute Gasteiger partial charge is 0.188 e. The number of anilines is 2. The summed E-state index contributed by atoms with van der Waals surface area (Å²) in [6.07, 6.45) is 0. The van der Waals surface area contributed by atoms with E-state index in [1.165, 1.54) is 25.3 Å². The van der Waals surface area contributed by atoms with Crippen LogP contribution >= 0.6 is 22.6 Å². The van der Waals surface area contributed by atoms with Gasteiger partial charge in [-0.05, 0) is 52.9 Å². The van der Waals surface area contributed by atoms with Gasteiger partial charge in [-0.1, -0.05) is 6.07 Å². The van der Waals surface area contributed by atoms with E-state index >= 15 is 0 Å². The Labute approximate surface area is 135 Å². The predicted octanol–water partition coefficient (Wildman–Crippen LogP) is 4.34. The molecule has 0 aliphatic carbocycles. The summed E-state index contributed by atoms with van der Waals surface area (Å²) in [5.74, 6) is -0.901. The summed E-state index contributed by atoms with van der Waals surface area (Å²) in [5.41, 5.74) is 0.369. The lowest BCUT2D eigenvalue weighted by Crippen LogP contribution is -2.06. The fourth-order valence-electron chi connectivity index (χ4n) is 1.69. The summed E-state index contributed by atoms with van der Waals surface area (Å²) >= 11 is 2.01. The van der Waals surface area contributed by atoms with Gasteiger partial charge in [0.25, 0.3) is 0 Å². The van der Waals surface area contributed by atoms with Crippen LogP contribution in [-0.4, -0.2) is 20.3 Å². The van der Waals surface area contributed by atoms with Gasteiger partial charge in [-0.25, -0.2) is 8.78 Å². The van der Waals surface area contributed by atoms with Crippen molar-refractivity contribution in [1.82, 2.24) is 0 Å². The van der Waals surface area contributed by atoms with Gasteiger partial charge in [0.05, 0.1) is 18.0 Å². The molecule has 0 aliphatic heterocycles. The Hall–Kier alpha value is -1.41. The van der Waals surface area contributed by atoms with Gasteiger partial charge in [0.2, 0.25) is 0 Å². The van der Waals surface area contributed by atoms with Crippen LogP contribution in [0, 0.1) is 15.2 Å². The van der Waals surface area contributed by atoms with E-state index in [1.807, 2.05) is 22.6 Å². The second-order valence-corrected chi connectivity index (χ2v) is 5.45. The van der Waals surface area contributed by atoms with E-state index in [1.54, 1.807) is 18.2 Å². The van der Waals surface area contributed by atoms with Gasteiger partial charge in [0.1, 0.15) is 12.4 Å². The third kappa shape index (κ3) is 4.28. The molecular weight excluding hydrogens is 391 g/mol. The number of halogens is 3. The van der Waals surface area contributed by atoms with Crippen molar-refractivity contribution in [1.29, 1.82) is 0 Å². The molecule has 2 aromatic carbocycles. The Kier molecular flexibility index (Phi) is 5.75. The third-order valence-corrected chi connectivity index (χ3v) is 3.38. The lowest BCUT2D eigenvalue weighted by Gasteiger charge is -2.12. The Balaban J connectivity index is 2.18. The molecule has 0 saturated carbocycles. The molecule has 1 N–H and O–H groups in total. The highest BCUT2D eigenvalue weighted by molar-refractivity contribution is 14.1. The van der Waals surface area contributed by atoms with Crippen molar-refractivity contribution in [3.05, 3.63) is 51.6 Å². The van der Waals surface area contributed by atoms with E-state index in [2.05, 4.69) is 5.32 Å². The summed E-state index contributed by atoms with van der Waals surface area (Å²) in [6, 6.07) is 9.35. The van der Waals surface area contributed by atoms with Gasteiger partial charge in [-0.3, -0.25) is 0 Å². The Morgan fingerprint density at radius 1 is 1.10 bits per heavy atom. The lowest BCUT2D eigenvalue weighted by atomic mass is 10.2. The van der Waals surface area contributed by atoms with Crippen LogP contribution in [0.15, 0.2) is 36.4 Å². The van der Waals surface area contributed by atoms with Crippen molar-refractivity contribution in [3.8, 4) is 5.75 Å². The average Bonchev–Trinajstić information content (AvgIpc) is 2.46. The fraction of sp³-hybridized carbons (Fsp3) is 0.200. The van der Waals surface area contributed by atoms with Crippen LogP contribution < -0.4 is 10.1 Å². The van der Waals surface area contributed by atoms with E-state index in [9.17, 15) is 8.78 Å². The zero-order valence-corrected chi connectivity index (χ0v) is 13.5. The Bertz CT molecular complexity index is 623. The molecule has 112 valence electrons. The topological polar surface area (TPSA) is 30.5 Å². The molecule has 0 heterocycles. The number of methoxy groups -OCH3 is 1. The minimum Gasteiger partial charge on any atom is -0.488 e. The first-order valence-electron chi connectivity index (χ1n) is 6.24. The quantitative estimate of drug-likeness (QED) is 0.573. The van der Waals surface area contributed by atoms with Crippen LogP contribution in [0.25, 0.3) is 0 Å². The van der Waals surface area contributed by atoms with Crippen LogP contribution in [0.3, 0.4) is 0 Å². The summed E-state index contributed by atoms with van der Waals surface area (Å²) in [7, 11) is 1.54. The van der Waals surface area contributed by atoms with Crippen molar-refractivity contribution in [3.63, 3.8) is 0 Å². The molecule has 0 unspecified atom stereocenters. The molecular formula is C15H14F2INO2. The van der Waals surface area contributed by atoms with Crippen LogP contribution in [0.4, 0.5) is 20.2 Å². The van der Waals surface area contributed by atoms with Crippen LogP contribution in [-0.2, 0) is 4.74 Å². The first kappa shape index (κ1) is 16.0. The number of ether oxygens (including phenoxy) is 2. The van der Waals surface area contributed by atoms with Gasteiger partial charge in [0, 0.05) is 10.7 Å². The molecule has 21 heavy (non-hydrogen) atoms. The molecule has 3 nitrogen and oxygen atoms in total. The zero-order chi connectivity index (χ0) is 15.2. The molecule has 0 bridgehead atoms. The molecule has 0 atom stereocenters. The normalized spacial score (nSPS) is 10.5. The van der Waals surface area contributed by atoms with Crippen molar-refractivity contribution in [2.75, 3.05) is 25.6 Å². The van der Waals surface area contributed by atoms with Gasteiger partial charge in [0.15, 0.2) is 11.6 Å². The summed E-state index contributed by atoms with van der Waals surface area (Å²) < 4.78 is 38.9. The average molecular weight is 405 g/mol. The largest absolute Gasteiger partial charge is 0.488 e. The second-order valence-electron chi connectivity index (χ2n) is 4.21. The van der Waals surface area contributed by atoms with Crippen LogP contribution in [0.5, 0.6) is 5.75 Å². The molecule has 2 aromatic rings. The predicted molar refractivity (Wildman–Crippen MR) is 86.2 cm³/mol. The highest BCUT2D eigenvalue weighted by Crippen LogP contribution is 2.28. The zero-order valence-electron chi connectivity index (χ0n) is 11.3. The molecule has 6 heteroatoms. The van der Waals surface area contributed by atoms with Gasteiger partial charge < -0.3 is 14.8 Å². The van der Waals surface area contributed by atoms with E-state index in [0.717, 1.165) is 3.57 Å². The Morgan fingerprint density at radius 3 is 2.62 bits per heavy atom.